The van der Waals surface area contributed by atoms with Crippen molar-refractivity contribution in [3.8, 4) is 0 Å². The number of para-hydroxylation sites is 1. The van der Waals surface area contributed by atoms with Crippen molar-refractivity contribution >= 4 is 17.0 Å². The first-order chi connectivity index (χ1) is 11.3. The third-order valence-corrected chi connectivity index (χ3v) is 5.04. The number of hydrogen-bond acceptors (Lipinski definition) is 3. The van der Waals surface area contributed by atoms with E-state index in [-0.39, 0.29) is 11.6 Å². The fourth-order valence-electron chi connectivity index (χ4n) is 3.79. The van der Waals surface area contributed by atoms with Crippen LogP contribution in [0, 0.1) is 0 Å². The third kappa shape index (κ3) is 2.81. The number of nitrogens with zero attached hydrogens (tertiary/aromatic N) is 1. The quantitative estimate of drug-likeness (QED) is 0.925. The molecule has 1 aliphatic heterocycles. The van der Waals surface area contributed by atoms with Crippen molar-refractivity contribution in [2.45, 2.75) is 37.8 Å². The summed E-state index contributed by atoms with van der Waals surface area (Å²) in [6.07, 6.45) is 6.28. The number of nitrogens with one attached hydrogen (secondary N) is 1. The molecule has 0 bridgehead atoms. The lowest BCUT2D eigenvalue weighted by Gasteiger charge is -2.40. The maximum absolute atomic E-state index is 12.5. The first-order valence-corrected chi connectivity index (χ1v) is 8.38. The molecule has 1 aliphatic carbocycles. The first-order valence-electron chi connectivity index (χ1n) is 8.38. The van der Waals surface area contributed by atoms with E-state index in [0.717, 1.165) is 29.4 Å². The van der Waals surface area contributed by atoms with Crippen molar-refractivity contribution in [2.24, 2.45) is 0 Å². The summed E-state index contributed by atoms with van der Waals surface area (Å²) in [5, 5.41) is 4.08. The minimum atomic E-state index is -0.0854. The van der Waals surface area contributed by atoms with Gasteiger partial charge in [-0.1, -0.05) is 31.0 Å². The molecule has 1 N–H and O–H groups in total. The predicted octanol–water partition coefficient (Wildman–Crippen LogP) is 3.29. The fourth-order valence-corrected chi connectivity index (χ4v) is 3.79. The minimum Gasteiger partial charge on any atom is -0.464 e. The molecule has 23 heavy (non-hydrogen) atoms. The normalized spacial score (nSPS) is 20.3. The van der Waals surface area contributed by atoms with Crippen molar-refractivity contribution in [1.82, 2.24) is 10.2 Å². The number of benzene rings is 1. The lowest BCUT2D eigenvalue weighted by atomic mass is 10.00. The second kappa shape index (κ2) is 5.89. The van der Waals surface area contributed by atoms with Crippen LogP contribution in [-0.2, 0) is 11.3 Å². The number of carbonyl (C=O) groups is 1. The largest absolute Gasteiger partial charge is 0.464 e. The number of amides is 2. The van der Waals surface area contributed by atoms with Crippen LogP contribution < -0.4 is 5.32 Å². The number of rotatable bonds is 2. The van der Waals surface area contributed by atoms with E-state index in [2.05, 4.69) is 5.32 Å². The number of carbonyl (C=O) groups excluding carboxylic acids is 1. The van der Waals surface area contributed by atoms with Gasteiger partial charge in [0.2, 0.25) is 0 Å². The number of furan rings is 1. The molecule has 122 valence electrons. The number of morpholine rings is 1. The van der Waals surface area contributed by atoms with Gasteiger partial charge in [-0.3, -0.25) is 0 Å². The maximum atomic E-state index is 12.5. The van der Waals surface area contributed by atoms with Gasteiger partial charge in [0.15, 0.2) is 0 Å². The summed E-state index contributed by atoms with van der Waals surface area (Å²) in [5.74, 6) is 0. The number of ether oxygens (including phenoxy) is 1. The van der Waals surface area contributed by atoms with Gasteiger partial charge in [0.1, 0.15) is 5.58 Å². The van der Waals surface area contributed by atoms with E-state index < -0.39 is 0 Å². The van der Waals surface area contributed by atoms with Gasteiger partial charge >= 0.3 is 6.03 Å². The van der Waals surface area contributed by atoms with Crippen molar-refractivity contribution < 1.29 is 13.9 Å². The topological polar surface area (TPSA) is 54.7 Å². The summed E-state index contributed by atoms with van der Waals surface area (Å²) in [4.78, 5) is 14.4. The Hall–Kier alpha value is -2.01. The van der Waals surface area contributed by atoms with E-state index in [0.29, 0.717) is 26.2 Å². The molecule has 2 aromatic rings. The molecule has 1 saturated heterocycles. The molecule has 2 heterocycles. The predicted molar refractivity (Wildman–Crippen MR) is 87.2 cm³/mol. The lowest BCUT2D eigenvalue weighted by Crippen LogP contribution is -2.54. The van der Waals surface area contributed by atoms with Crippen molar-refractivity contribution in [2.75, 3.05) is 19.7 Å². The van der Waals surface area contributed by atoms with Gasteiger partial charge in [0, 0.05) is 24.0 Å². The Balaban J connectivity index is 1.40. The van der Waals surface area contributed by atoms with Gasteiger partial charge in [-0.15, -0.1) is 0 Å². The van der Waals surface area contributed by atoms with Gasteiger partial charge < -0.3 is 19.4 Å². The Morgan fingerprint density at radius 1 is 1.26 bits per heavy atom. The van der Waals surface area contributed by atoms with Crippen LogP contribution in [0.15, 0.2) is 34.9 Å². The van der Waals surface area contributed by atoms with Crippen molar-refractivity contribution in [3.05, 3.63) is 36.1 Å². The highest BCUT2D eigenvalue weighted by atomic mass is 16.5. The standard InChI is InChI=1S/C18H22N2O3/c21-17(20-9-10-23-18(13-20)7-3-4-8-18)19-11-14-12-22-16-6-2-1-5-15(14)16/h1-2,5-6,12H,3-4,7-11,13H2,(H,19,21). The van der Waals surface area contributed by atoms with E-state index in [4.69, 9.17) is 9.15 Å². The summed E-state index contributed by atoms with van der Waals surface area (Å²) in [6.45, 7) is 2.51. The van der Waals surface area contributed by atoms with Crippen molar-refractivity contribution in [3.63, 3.8) is 0 Å². The van der Waals surface area contributed by atoms with E-state index >= 15 is 0 Å². The highest BCUT2D eigenvalue weighted by Gasteiger charge is 2.40. The van der Waals surface area contributed by atoms with E-state index in [9.17, 15) is 4.79 Å². The monoisotopic (exact) mass is 314 g/mol. The van der Waals surface area contributed by atoms with Crippen LogP contribution in [0.3, 0.4) is 0 Å². The van der Waals surface area contributed by atoms with E-state index in [1.54, 1.807) is 6.26 Å². The van der Waals surface area contributed by atoms with Crippen LogP contribution in [-0.4, -0.2) is 36.2 Å². The first kappa shape index (κ1) is 14.6. The highest BCUT2D eigenvalue weighted by molar-refractivity contribution is 5.81. The molecule has 2 amide bonds. The molecule has 2 aliphatic rings. The average Bonchev–Trinajstić information content (AvgIpc) is 3.20. The van der Waals surface area contributed by atoms with Crippen LogP contribution in [0.2, 0.25) is 0 Å². The van der Waals surface area contributed by atoms with Gasteiger partial charge in [-0.05, 0) is 18.9 Å². The summed E-state index contributed by atoms with van der Waals surface area (Å²) < 4.78 is 11.5. The molecule has 4 rings (SSSR count). The molecule has 5 heteroatoms. The SMILES string of the molecule is O=C(NCc1coc2ccccc12)N1CCOC2(CCCC2)C1. The molecule has 1 spiro atoms. The number of hydrogen-bond donors (Lipinski definition) is 1. The van der Waals surface area contributed by atoms with Gasteiger partial charge in [0.25, 0.3) is 0 Å². The van der Waals surface area contributed by atoms with E-state index in [1.165, 1.54) is 12.8 Å². The smallest absolute Gasteiger partial charge is 0.317 e. The minimum absolute atomic E-state index is 0.00939. The molecule has 0 atom stereocenters. The van der Waals surface area contributed by atoms with Crippen molar-refractivity contribution in [1.29, 1.82) is 0 Å². The third-order valence-electron chi connectivity index (χ3n) is 5.04. The zero-order valence-corrected chi connectivity index (χ0v) is 13.2. The Bertz CT molecular complexity index is 703. The molecule has 0 unspecified atom stereocenters. The van der Waals surface area contributed by atoms with Crippen LogP contribution in [0.5, 0.6) is 0 Å². The zero-order chi connectivity index (χ0) is 15.7. The van der Waals surface area contributed by atoms with Crippen LogP contribution in [0.4, 0.5) is 4.79 Å². The Labute approximate surface area is 135 Å². The van der Waals surface area contributed by atoms with Crippen LogP contribution in [0.25, 0.3) is 11.0 Å². The number of fused-ring (bicyclic) bond motifs is 1. The average molecular weight is 314 g/mol. The van der Waals surface area contributed by atoms with Crippen LogP contribution in [0.1, 0.15) is 31.2 Å². The van der Waals surface area contributed by atoms with Gasteiger partial charge in [-0.2, -0.15) is 0 Å². The number of urea groups is 1. The molecule has 1 saturated carbocycles. The summed E-state index contributed by atoms with van der Waals surface area (Å²) >= 11 is 0. The summed E-state index contributed by atoms with van der Waals surface area (Å²) in [6, 6.07) is 7.87. The maximum Gasteiger partial charge on any atom is 0.317 e. The Morgan fingerprint density at radius 3 is 2.96 bits per heavy atom. The fraction of sp³-hybridized carbons (Fsp3) is 0.500. The molecule has 1 aromatic heterocycles. The molecule has 5 nitrogen and oxygen atoms in total. The van der Waals surface area contributed by atoms with Crippen LogP contribution >= 0.6 is 0 Å². The zero-order valence-electron chi connectivity index (χ0n) is 13.2. The van der Waals surface area contributed by atoms with Gasteiger partial charge in [-0.25, -0.2) is 4.79 Å². The second-order valence-electron chi connectivity index (χ2n) is 6.58. The van der Waals surface area contributed by atoms with E-state index in [1.807, 2.05) is 29.2 Å². The summed E-state index contributed by atoms with van der Waals surface area (Å²) in [7, 11) is 0. The lowest BCUT2D eigenvalue weighted by molar-refractivity contribution is -0.0925. The Morgan fingerprint density at radius 2 is 2.09 bits per heavy atom. The van der Waals surface area contributed by atoms with Gasteiger partial charge in [0.05, 0.1) is 25.0 Å². The molecule has 0 radical (unpaired) electrons. The molecule has 1 aromatic carbocycles. The second-order valence-corrected chi connectivity index (χ2v) is 6.58. The highest BCUT2D eigenvalue weighted by Crippen LogP contribution is 2.35. The molecule has 2 fully saturated rings. The molecular formula is C18H22N2O3. The Kier molecular flexibility index (Phi) is 3.73. The molecular weight excluding hydrogens is 292 g/mol. The summed E-state index contributed by atoms with van der Waals surface area (Å²) in [5.41, 5.74) is 1.78.